The van der Waals surface area contributed by atoms with Gasteiger partial charge in [0.25, 0.3) is 5.91 Å². The second kappa shape index (κ2) is 7.09. The largest absolute Gasteiger partial charge is 0.364 e. The number of anilines is 3. The molecular weight excluding hydrogens is 362 g/mol. The molecule has 0 aliphatic heterocycles. The van der Waals surface area contributed by atoms with Gasteiger partial charge in [-0.1, -0.05) is 0 Å². The van der Waals surface area contributed by atoms with Crippen LogP contribution in [0, 0.1) is 0 Å². The highest BCUT2D eigenvalue weighted by atomic mass is 32.1. The Morgan fingerprint density at radius 3 is 3.04 bits per heavy atom. The molecule has 0 radical (unpaired) electrons. The summed E-state index contributed by atoms with van der Waals surface area (Å²) in [5, 5.41) is 7.06. The Morgan fingerprint density at radius 2 is 2.32 bits per heavy atom. The number of amides is 1. The normalized spacial score (nSPS) is 12.1. The van der Waals surface area contributed by atoms with Gasteiger partial charge in [-0.05, 0) is 29.9 Å². The molecule has 0 spiro atoms. The molecule has 130 valence electrons. The summed E-state index contributed by atoms with van der Waals surface area (Å²) in [5.41, 5.74) is 6.25. The van der Waals surface area contributed by atoms with Crippen molar-refractivity contribution in [2.24, 2.45) is 11.6 Å². The number of nitrogens with one attached hydrogen (secondary N) is 1. The Morgan fingerprint density at radius 1 is 1.52 bits per heavy atom. The molecular formula is C14H15N7O2S2. The van der Waals surface area contributed by atoms with Crippen molar-refractivity contribution in [3.05, 3.63) is 23.3 Å². The molecule has 0 aromatic carbocycles. The number of carbonyl (C=O) groups is 2. The number of hydrogen-bond donors (Lipinski definition) is 3. The van der Waals surface area contributed by atoms with Gasteiger partial charge >= 0.3 is 0 Å². The van der Waals surface area contributed by atoms with Gasteiger partial charge in [0.15, 0.2) is 17.3 Å². The van der Waals surface area contributed by atoms with Crippen molar-refractivity contribution < 1.29 is 9.59 Å². The monoisotopic (exact) mass is 377 g/mol. The number of nitrogens with two attached hydrogens (primary N) is 2. The van der Waals surface area contributed by atoms with E-state index in [4.69, 9.17) is 11.6 Å². The lowest BCUT2D eigenvalue weighted by Gasteiger charge is -2.24. The zero-order valence-electron chi connectivity index (χ0n) is 13.2. The molecule has 0 aliphatic rings. The first-order chi connectivity index (χ1) is 12.0. The topological polar surface area (TPSA) is 140 Å². The first kappa shape index (κ1) is 17.2. The van der Waals surface area contributed by atoms with Crippen LogP contribution in [-0.2, 0) is 4.79 Å². The third kappa shape index (κ3) is 3.43. The molecule has 0 fully saturated rings. The standard InChI is InChI=1S/C14H15N7O2S2/c1-7(2-4-22)21(16)9-6-17-10(12(15)23)13(18-9)19-14-11-8(20-25-14)3-5-24-11/h3-7H,2,16H2,1H3,(H2,15,23)(H,18,19)/t7-/m1/s1. The van der Waals surface area contributed by atoms with E-state index >= 15 is 0 Å². The summed E-state index contributed by atoms with van der Waals surface area (Å²) in [7, 11) is 0. The van der Waals surface area contributed by atoms with Crippen LogP contribution >= 0.6 is 22.9 Å². The molecule has 3 rings (SSSR count). The molecule has 9 nitrogen and oxygen atoms in total. The molecule has 5 N–H and O–H groups in total. The van der Waals surface area contributed by atoms with E-state index < -0.39 is 5.91 Å². The van der Waals surface area contributed by atoms with E-state index in [1.54, 1.807) is 6.92 Å². The third-order valence-electron chi connectivity index (χ3n) is 3.49. The average Bonchev–Trinajstić information content (AvgIpc) is 3.19. The number of rotatable bonds is 7. The summed E-state index contributed by atoms with van der Waals surface area (Å²) < 4.78 is 5.26. The van der Waals surface area contributed by atoms with E-state index in [1.807, 2.05) is 11.4 Å². The Labute approximate surface area is 150 Å². The lowest BCUT2D eigenvalue weighted by molar-refractivity contribution is -0.108. The van der Waals surface area contributed by atoms with Crippen LogP contribution in [0.25, 0.3) is 10.2 Å². The first-order valence-electron chi connectivity index (χ1n) is 7.25. The molecule has 1 atom stereocenters. The van der Waals surface area contributed by atoms with Gasteiger partial charge in [-0.3, -0.25) is 9.80 Å². The minimum atomic E-state index is -0.710. The van der Waals surface area contributed by atoms with Crippen LogP contribution in [0.1, 0.15) is 23.8 Å². The molecule has 0 bridgehead atoms. The molecule has 0 unspecified atom stereocenters. The van der Waals surface area contributed by atoms with Crippen LogP contribution in [0.4, 0.5) is 16.6 Å². The van der Waals surface area contributed by atoms with Gasteiger partial charge in [-0.2, -0.15) is 4.37 Å². The number of carbonyl (C=O) groups excluding carboxylic acids is 2. The molecule has 3 heterocycles. The van der Waals surface area contributed by atoms with Crippen molar-refractivity contribution >= 4 is 61.9 Å². The maximum absolute atomic E-state index is 11.7. The van der Waals surface area contributed by atoms with Gasteiger partial charge < -0.3 is 15.8 Å². The Kier molecular flexibility index (Phi) is 4.88. The highest BCUT2D eigenvalue weighted by Gasteiger charge is 2.19. The molecule has 0 saturated heterocycles. The second-order valence-corrected chi connectivity index (χ2v) is 6.91. The van der Waals surface area contributed by atoms with Gasteiger partial charge in [0, 0.05) is 6.42 Å². The van der Waals surface area contributed by atoms with Crippen LogP contribution in [-0.4, -0.2) is 32.6 Å². The third-order valence-corrected chi connectivity index (χ3v) is 5.31. The van der Waals surface area contributed by atoms with Gasteiger partial charge in [0.05, 0.1) is 22.5 Å². The number of hydrazine groups is 1. The van der Waals surface area contributed by atoms with Crippen molar-refractivity contribution in [3.8, 4) is 0 Å². The Balaban J connectivity index is 1.98. The average molecular weight is 377 g/mol. The molecule has 3 aromatic heterocycles. The van der Waals surface area contributed by atoms with Gasteiger partial charge in [0.1, 0.15) is 11.3 Å². The van der Waals surface area contributed by atoms with Crippen molar-refractivity contribution in [2.45, 2.75) is 19.4 Å². The molecule has 3 aromatic rings. The number of fused-ring (bicyclic) bond motifs is 1. The van der Waals surface area contributed by atoms with E-state index in [0.29, 0.717) is 5.82 Å². The predicted octanol–water partition coefficient (Wildman–Crippen LogP) is 1.65. The van der Waals surface area contributed by atoms with Crippen molar-refractivity contribution in [1.29, 1.82) is 0 Å². The molecule has 11 heteroatoms. The van der Waals surface area contributed by atoms with Gasteiger partial charge in [-0.25, -0.2) is 15.8 Å². The zero-order valence-corrected chi connectivity index (χ0v) is 14.8. The van der Waals surface area contributed by atoms with Gasteiger partial charge in [0.2, 0.25) is 0 Å². The SMILES string of the molecule is C[C@H](CC=O)N(N)c1cnc(C(N)=O)c(Nc2snc3ccsc23)n1. The van der Waals surface area contributed by atoms with Crippen LogP contribution in [0.15, 0.2) is 17.6 Å². The van der Waals surface area contributed by atoms with Crippen LogP contribution < -0.4 is 21.9 Å². The fourth-order valence-electron chi connectivity index (χ4n) is 2.12. The van der Waals surface area contributed by atoms with Crippen molar-refractivity contribution in [1.82, 2.24) is 14.3 Å². The number of hydrogen-bond acceptors (Lipinski definition) is 10. The summed E-state index contributed by atoms with van der Waals surface area (Å²) in [5.74, 6) is 5.78. The van der Waals surface area contributed by atoms with Crippen molar-refractivity contribution in [3.63, 3.8) is 0 Å². The minimum Gasteiger partial charge on any atom is -0.364 e. The zero-order chi connectivity index (χ0) is 18.0. The van der Waals surface area contributed by atoms with Crippen LogP contribution in [0.2, 0.25) is 0 Å². The van der Waals surface area contributed by atoms with E-state index in [9.17, 15) is 9.59 Å². The Hall–Kier alpha value is -2.63. The number of aromatic nitrogens is 3. The maximum Gasteiger partial charge on any atom is 0.271 e. The number of primary amides is 1. The summed E-state index contributed by atoms with van der Waals surface area (Å²) >= 11 is 2.77. The van der Waals surface area contributed by atoms with Crippen LogP contribution in [0.5, 0.6) is 0 Å². The van der Waals surface area contributed by atoms with Crippen molar-refractivity contribution in [2.75, 3.05) is 10.3 Å². The van der Waals surface area contributed by atoms with E-state index in [2.05, 4.69) is 19.7 Å². The summed E-state index contributed by atoms with van der Waals surface area (Å²) in [4.78, 5) is 30.8. The summed E-state index contributed by atoms with van der Waals surface area (Å²) in [6, 6.07) is 1.63. The highest BCUT2D eigenvalue weighted by molar-refractivity contribution is 7.23. The fraction of sp³-hybridized carbons (Fsp3) is 0.214. The summed E-state index contributed by atoms with van der Waals surface area (Å²) in [6.07, 6.45) is 2.36. The lowest BCUT2D eigenvalue weighted by Crippen LogP contribution is -2.40. The second-order valence-electron chi connectivity index (χ2n) is 5.22. The molecule has 0 saturated carbocycles. The van der Waals surface area contributed by atoms with E-state index in [0.717, 1.165) is 21.5 Å². The Bertz CT molecular complexity index is 923. The highest BCUT2D eigenvalue weighted by Crippen LogP contribution is 2.34. The first-order valence-corrected chi connectivity index (χ1v) is 8.91. The van der Waals surface area contributed by atoms with Crippen LogP contribution in [0.3, 0.4) is 0 Å². The fourth-order valence-corrected chi connectivity index (χ4v) is 3.83. The number of nitrogens with zero attached hydrogens (tertiary/aromatic N) is 4. The van der Waals surface area contributed by atoms with E-state index in [1.165, 1.54) is 34.1 Å². The molecule has 1 amide bonds. The number of aldehydes is 1. The molecule has 25 heavy (non-hydrogen) atoms. The number of thiophene rings is 1. The summed E-state index contributed by atoms with van der Waals surface area (Å²) in [6.45, 7) is 1.78. The lowest BCUT2D eigenvalue weighted by atomic mass is 10.2. The van der Waals surface area contributed by atoms with Gasteiger partial charge in [-0.15, -0.1) is 11.3 Å². The van der Waals surface area contributed by atoms with E-state index in [-0.39, 0.29) is 24.0 Å². The predicted molar refractivity (Wildman–Crippen MR) is 98.1 cm³/mol. The molecule has 0 aliphatic carbocycles. The maximum atomic E-state index is 11.7. The smallest absolute Gasteiger partial charge is 0.271 e. The minimum absolute atomic E-state index is 0.00158. The quantitative estimate of drug-likeness (QED) is 0.321.